The Kier molecular flexibility index (Phi) is 9.48. The second-order valence-corrected chi connectivity index (χ2v) is 6.96. The van der Waals surface area contributed by atoms with E-state index in [1.807, 2.05) is 6.92 Å². The number of nitrogens with zero attached hydrogens (tertiary/aromatic N) is 4. The molecule has 3 heterocycles. The molecule has 1 aliphatic rings. The van der Waals surface area contributed by atoms with Crippen LogP contribution in [0.15, 0.2) is 22.8 Å². The molecule has 0 aliphatic carbocycles. The van der Waals surface area contributed by atoms with Gasteiger partial charge in [-0.15, -0.1) is 35.0 Å². The van der Waals surface area contributed by atoms with Crippen molar-refractivity contribution in [2.24, 2.45) is 0 Å². The van der Waals surface area contributed by atoms with E-state index in [1.165, 1.54) is 11.3 Å². The number of aliphatic hydroxyl groups is 1. The second-order valence-electron chi connectivity index (χ2n) is 5.78. The van der Waals surface area contributed by atoms with Crippen molar-refractivity contribution < 1.29 is 14.3 Å². The van der Waals surface area contributed by atoms with Crippen molar-refractivity contribution in [1.29, 1.82) is 0 Å². The normalized spacial score (nSPS) is 16.4. The summed E-state index contributed by atoms with van der Waals surface area (Å²) in [5, 5.41) is 22.0. The summed E-state index contributed by atoms with van der Waals surface area (Å²) in [6.07, 6.45) is 0.949. The van der Waals surface area contributed by atoms with Crippen LogP contribution in [0.1, 0.15) is 16.9 Å². The van der Waals surface area contributed by atoms with Gasteiger partial charge in [0.1, 0.15) is 16.9 Å². The molecule has 1 atom stereocenters. The molecular weight excluding hydrogens is 401 g/mol. The van der Waals surface area contributed by atoms with E-state index in [4.69, 9.17) is 4.42 Å². The van der Waals surface area contributed by atoms with Gasteiger partial charge in [0.15, 0.2) is 0 Å². The summed E-state index contributed by atoms with van der Waals surface area (Å²) < 4.78 is 5.22. The van der Waals surface area contributed by atoms with E-state index in [0.29, 0.717) is 24.0 Å². The predicted octanol–water partition coefficient (Wildman–Crippen LogP) is 1.57. The minimum Gasteiger partial charge on any atom is -0.467 e. The molecule has 1 amide bonds. The van der Waals surface area contributed by atoms with Gasteiger partial charge in [0.25, 0.3) is 0 Å². The third-order valence-electron chi connectivity index (χ3n) is 3.91. The second kappa shape index (κ2) is 10.8. The smallest absolute Gasteiger partial charge is 0.240 e. The van der Waals surface area contributed by atoms with Crippen LogP contribution in [0.25, 0.3) is 0 Å². The Morgan fingerprint density at radius 2 is 2.00 bits per heavy atom. The molecule has 8 nitrogen and oxygen atoms in total. The number of carbonyl (C=O) groups is 1. The molecule has 0 spiro atoms. The number of nitrogens with one attached hydrogen (secondary N) is 1. The fourth-order valence-corrected chi connectivity index (χ4v) is 3.26. The monoisotopic (exact) mass is 423 g/mol. The van der Waals surface area contributed by atoms with Gasteiger partial charge in [0.2, 0.25) is 11.0 Å². The first-order chi connectivity index (χ1) is 11.6. The van der Waals surface area contributed by atoms with Crippen molar-refractivity contribution in [3.05, 3.63) is 29.2 Å². The van der Waals surface area contributed by atoms with E-state index in [9.17, 15) is 9.90 Å². The molecular formula is C15H23Cl2N5O3S. The molecule has 26 heavy (non-hydrogen) atoms. The summed E-state index contributed by atoms with van der Waals surface area (Å²) in [5.74, 6) is 0.513. The Balaban J connectivity index is 0.00000169. The van der Waals surface area contributed by atoms with Crippen LogP contribution < -0.4 is 5.32 Å². The van der Waals surface area contributed by atoms with Crippen LogP contribution in [-0.2, 0) is 4.79 Å². The molecule has 1 aliphatic heterocycles. The average Bonchev–Trinajstić information content (AvgIpc) is 3.21. The van der Waals surface area contributed by atoms with E-state index >= 15 is 0 Å². The summed E-state index contributed by atoms with van der Waals surface area (Å²) in [5.41, 5.74) is 0. The van der Waals surface area contributed by atoms with Gasteiger partial charge in [0, 0.05) is 32.7 Å². The van der Waals surface area contributed by atoms with Crippen LogP contribution in [0.4, 0.5) is 5.13 Å². The summed E-state index contributed by atoms with van der Waals surface area (Å²) in [6.45, 7) is 5.92. The molecule has 2 N–H and O–H groups in total. The van der Waals surface area contributed by atoms with Gasteiger partial charge in [-0.05, 0) is 19.1 Å². The Morgan fingerprint density at radius 1 is 1.31 bits per heavy atom. The maximum Gasteiger partial charge on any atom is 0.240 e. The number of hydrogen-bond donors (Lipinski definition) is 2. The van der Waals surface area contributed by atoms with E-state index in [2.05, 4.69) is 25.3 Å². The number of amides is 1. The zero-order chi connectivity index (χ0) is 16.9. The number of rotatable bonds is 6. The molecule has 2 aromatic rings. The number of carbonyl (C=O) groups excluding carboxylic acids is 1. The summed E-state index contributed by atoms with van der Waals surface area (Å²) in [7, 11) is 0. The first-order valence-electron chi connectivity index (χ1n) is 7.86. The van der Waals surface area contributed by atoms with E-state index in [1.54, 1.807) is 18.4 Å². The number of piperazine rings is 1. The Hall–Kier alpha value is -1.23. The van der Waals surface area contributed by atoms with Gasteiger partial charge in [-0.2, -0.15) is 0 Å². The lowest BCUT2D eigenvalue weighted by Gasteiger charge is -2.34. The average molecular weight is 424 g/mol. The Labute approximate surface area is 168 Å². The Morgan fingerprint density at radius 3 is 2.58 bits per heavy atom. The fourth-order valence-electron chi connectivity index (χ4n) is 2.65. The third kappa shape index (κ3) is 6.49. The highest BCUT2D eigenvalue weighted by Crippen LogP contribution is 2.16. The highest BCUT2D eigenvalue weighted by atomic mass is 35.5. The van der Waals surface area contributed by atoms with Crippen molar-refractivity contribution in [2.75, 3.05) is 44.6 Å². The zero-order valence-corrected chi connectivity index (χ0v) is 16.8. The van der Waals surface area contributed by atoms with Crippen molar-refractivity contribution >= 4 is 47.2 Å². The molecule has 3 rings (SSSR count). The number of halogens is 2. The molecule has 0 radical (unpaired) electrons. The molecule has 1 unspecified atom stereocenters. The van der Waals surface area contributed by atoms with Crippen LogP contribution in [0.5, 0.6) is 0 Å². The van der Waals surface area contributed by atoms with Crippen molar-refractivity contribution in [1.82, 2.24) is 20.0 Å². The van der Waals surface area contributed by atoms with Gasteiger partial charge in [-0.3, -0.25) is 19.9 Å². The molecule has 1 saturated heterocycles. The first kappa shape index (κ1) is 22.8. The summed E-state index contributed by atoms with van der Waals surface area (Å²) in [6, 6.07) is 3.55. The first-order valence-corrected chi connectivity index (χ1v) is 8.68. The molecule has 2 aromatic heterocycles. The van der Waals surface area contributed by atoms with Gasteiger partial charge >= 0.3 is 0 Å². The van der Waals surface area contributed by atoms with Crippen LogP contribution in [-0.4, -0.2) is 70.3 Å². The third-order valence-corrected chi connectivity index (χ3v) is 4.66. The lowest BCUT2D eigenvalue weighted by molar-refractivity contribution is -0.117. The van der Waals surface area contributed by atoms with Crippen LogP contribution >= 0.6 is 36.2 Å². The quantitative estimate of drug-likeness (QED) is 0.727. The number of aromatic nitrogens is 2. The van der Waals surface area contributed by atoms with Gasteiger partial charge < -0.3 is 9.52 Å². The standard InChI is InChI=1S/C15H21N5O3S.2ClH/c1-11-17-18-15(24-11)16-14(22)10-20-6-4-19(5-7-20)9-12(21)13-3-2-8-23-13;;/h2-3,8,12,21H,4-7,9-10H2,1H3,(H,16,18,22);2*1H. The van der Waals surface area contributed by atoms with Gasteiger partial charge in [0.05, 0.1) is 12.8 Å². The Bertz CT molecular complexity index is 662. The zero-order valence-electron chi connectivity index (χ0n) is 14.3. The summed E-state index contributed by atoms with van der Waals surface area (Å²) in [4.78, 5) is 16.3. The lowest BCUT2D eigenvalue weighted by atomic mass is 10.2. The van der Waals surface area contributed by atoms with E-state index in [-0.39, 0.29) is 30.7 Å². The number of aliphatic hydroxyl groups excluding tert-OH is 1. The minimum atomic E-state index is -0.615. The van der Waals surface area contributed by atoms with Crippen LogP contribution in [0, 0.1) is 6.92 Å². The van der Waals surface area contributed by atoms with Gasteiger partial charge in [-0.1, -0.05) is 11.3 Å². The predicted molar refractivity (Wildman–Crippen MR) is 104 cm³/mol. The van der Waals surface area contributed by atoms with E-state index < -0.39 is 6.10 Å². The van der Waals surface area contributed by atoms with Crippen molar-refractivity contribution in [3.63, 3.8) is 0 Å². The fraction of sp³-hybridized carbons (Fsp3) is 0.533. The molecule has 11 heteroatoms. The molecule has 0 aromatic carbocycles. The minimum absolute atomic E-state index is 0. The number of anilines is 1. The molecule has 146 valence electrons. The van der Waals surface area contributed by atoms with E-state index in [0.717, 1.165) is 31.2 Å². The van der Waals surface area contributed by atoms with Crippen LogP contribution in [0.3, 0.4) is 0 Å². The van der Waals surface area contributed by atoms with Crippen molar-refractivity contribution in [3.8, 4) is 0 Å². The summed E-state index contributed by atoms with van der Waals surface area (Å²) >= 11 is 1.37. The number of hydrogen-bond acceptors (Lipinski definition) is 8. The number of β-amino-alcohol motifs (C(OH)–C–C–N with tert-alkyl or cyclic N) is 1. The van der Waals surface area contributed by atoms with Crippen LogP contribution in [0.2, 0.25) is 0 Å². The lowest BCUT2D eigenvalue weighted by Crippen LogP contribution is -2.49. The largest absolute Gasteiger partial charge is 0.467 e. The molecule has 0 bridgehead atoms. The number of aryl methyl sites for hydroxylation is 1. The topological polar surface area (TPSA) is 94.7 Å². The molecule has 0 saturated carbocycles. The van der Waals surface area contributed by atoms with Crippen molar-refractivity contribution in [2.45, 2.75) is 13.0 Å². The maximum atomic E-state index is 12.0. The highest BCUT2D eigenvalue weighted by Gasteiger charge is 2.22. The maximum absolute atomic E-state index is 12.0. The molecule has 1 fully saturated rings. The van der Waals surface area contributed by atoms with Gasteiger partial charge in [-0.25, -0.2) is 0 Å². The SMILES string of the molecule is Cc1nnc(NC(=O)CN2CCN(CC(O)c3ccco3)CC2)s1.Cl.Cl. The number of furan rings is 1. The highest BCUT2D eigenvalue weighted by molar-refractivity contribution is 7.15.